The molecule has 0 bridgehead atoms. The molecule has 3 heteroatoms. The smallest absolute Gasteiger partial charge is 0.177 e. The van der Waals surface area contributed by atoms with Crippen LogP contribution in [-0.2, 0) is 0 Å². The molecular formula is C14H13NO2. The highest BCUT2D eigenvalue weighted by molar-refractivity contribution is 6.02. The van der Waals surface area contributed by atoms with Crippen LogP contribution in [0.1, 0.15) is 17.9 Å². The molecule has 0 saturated carbocycles. The molecule has 1 saturated heterocycles. The van der Waals surface area contributed by atoms with Gasteiger partial charge in [0.15, 0.2) is 11.2 Å². The molecule has 0 radical (unpaired) electrons. The highest BCUT2D eigenvalue weighted by Crippen LogP contribution is 2.35. The summed E-state index contributed by atoms with van der Waals surface area (Å²) in [6.45, 7) is 2.16. The number of fused-ring (bicyclic) bond motifs is 3. The Labute approximate surface area is 98.4 Å². The zero-order chi connectivity index (χ0) is 11.2. The average molecular weight is 227 g/mol. The minimum Gasteiger partial charge on any atom is -0.460 e. The van der Waals surface area contributed by atoms with Crippen molar-refractivity contribution < 1.29 is 8.83 Å². The van der Waals surface area contributed by atoms with Crippen molar-refractivity contribution in [1.29, 1.82) is 0 Å². The Balaban J connectivity index is 2.06. The molecule has 17 heavy (non-hydrogen) atoms. The van der Waals surface area contributed by atoms with Crippen LogP contribution in [0.4, 0.5) is 0 Å². The number of benzene rings is 1. The Morgan fingerprint density at radius 1 is 1.12 bits per heavy atom. The minimum atomic E-state index is 0.592. The molecule has 0 amide bonds. The predicted octanol–water partition coefficient (Wildman–Crippen LogP) is 3.26. The van der Waals surface area contributed by atoms with Crippen LogP contribution < -0.4 is 5.32 Å². The average Bonchev–Trinajstić information content (AvgIpc) is 3.09. The SMILES string of the molecule is c1cc2cc(C3CCNC3)c3ccoc3c2o1. The third-order valence-electron chi connectivity index (χ3n) is 3.69. The van der Waals surface area contributed by atoms with Crippen molar-refractivity contribution in [2.24, 2.45) is 0 Å². The summed E-state index contributed by atoms with van der Waals surface area (Å²) in [7, 11) is 0. The van der Waals surface area contributed by atoms with Gasteiger partial charge in [0.1, 0.15) is 0 Å². The summed E-state index contributed by atoms with van der Waals surface area (Å²) < 4.78 is 11.1. The van der Waals surface area contributed by atoms with Gasteiger partial charge < -0.3 is 14.2 Å². The van der Waals surface area contributed by atoms with Gasteiger partial charge in [0.2, 0.25) is 0 Å². The van der Waals surface area contributed by atoms with Crippen molar-refractivity contribution in [3.63, 3.8) is 0 Å². The summed E-state index contributed by atoms with van der Waals surface area (Å²) in [5.74, 6) is 0.592. The summed E-state index contributed by atoms with van der Waals surface area (Å²) in [4.78, 5) is 0. The Morgan fingerprint density at radius 3 is 2.88 bits per heavy atom. The molecule has 3 heterocycles. The maximum atomic E-state index is 5.58. The van der Waals surface area contributed by atoms with Gasteiger partial charge in [0.05, 0.1) is 12.5 Å². The first-order valence-electron chi connectivity index (χ1n) is 6.01. The molecular weight excluding hydrogens is 214 g/mol. The van der Waals surface area contributed by atoms with E-state index in [1.165, 1.54) is 17.4 Å². The van der Waals surface area contributed by atoms with Crippen LogP contribution in [0.5, 0.6) is 0 Å². The minimum absolute atomic E-state index is 0.592. The van der Waals surface area contributed by atoms with Crippen molar-refractivity contribution in [3.05, 3.63) is 36.3 Å². The standard InChI is InChI=1S/C14H13NO2/c1-4-15-8-10(1)12-7-9-2-5-16-13(9)14-11(12)3-6-17-14/h2-3,5-7,10,15H,1,4,8H2. The Bertz CT molecular complexity index is 674. The van der Waals surface area contributed by atoms with Gasteiger partial charge in [0, 0.05) is 17.3 Å². The Morgan fingerprint density at radius 2 is 2.00 bits per heavy atom. The Kier molecular flexibility index (Phi) is 1.85. The highest BCUT2D eigenvalue weighted by Gasteiger charge is 2.21. The maximum absolute atomic E-state index is 5.58. The summed E-state index contributed by atoms with van der Waals surface area (Å²) >= 11 is 0. The zero-order valence-corrected chi connectivity index (χ0v) is 9.40. The molecule has 1 aromatic carbocycles. The molecule has 0 spiro atoms. The van der Waals surface area contributed by atoms with E-state index >= 15 is 0 Å². The Hall–Kier alpha value is -1.74. The predicted molar refractivity (Wildman–Crippen MR) is 66.2 cm³/mol. The molecule has 1 aliphatic heterocycles. The highest BCUT2D eigenvalue weighted by atomic mass is 16.4. The molecule has 1 unspecified atom stereocenters. The molecule has 1 atom stereocenters. The van der Waals surface area contributed by atoms with Crippen LogP contribution in [0, 0.1) is 0 Å². The zero-order valence-electron chi connectivity index (χ0n) is 9.40. The third kappa shape index (κ3) is 1.26. The van der Waals surface area contributed by atoms with Gasteiger partial charge in [-0.2, -0.15) is 0 Å². The monoisotopic (exact) mass is 227 g/mol. The lowest BCUT2D eigenvalue weighted by molar-refractivity contribution is 0.582. The molecule has 86 valence electrons. The molecule has 3 nitrogen and oxygen atoms in total. The van der Waals surface area contributed by atoms with Crippen molar-refractivity contribution in [3.8, 4) is 0 Å². The number of furan rings is 2. The van der Waals surface area contributed by atoms with Crippen molar-refractivity contribution in [2.45, 2.75) is 12.3 Å². The van der Waals surface area contributed by atoms with Gasteiger partial charge in [-0.1, -0.05) is 0 Å². The van der Waals surface area contributed by atoms with E-state index < -0.39 is 0 Å². The third-order valence-corrected chi connectivity index (χ3v) is 3.69. The fourth-order valence-electron chi connectivity index (χ4n) is 2.83. The quantitative estimate of drug-likeness (QED) is 0.693. The van der Waals surface area contributed by atoms with Crippen LogP contribution in [0.2, 0.25) is 0 Å². The van der Waals surface area contributed by atoms with E-state index in [0.29, 0.717) is 5.92 Å². The van der Waals surface area contributed by atoms with Gasteiger partial charge >= 0.3 is 0 Å². The lowest BCUT2D eigenvalue weighted by atomic mass is 9.94. The van der Waals surface area contributed by atoms with Gasteiger partial charge in [-0.15, -0.1) is 0 Å². The summed E-state index contributed by atoms with van der Waals surface area (Å²) in [5.41, 5.74) is 3.13. The van der Waals surface area contributed by atoms with E-state index in [9.17, 15) is 0 Å². The summed E-state index contributed by atoms with van der Waals surface area (Å²) in [6.07, 6.45) is 4.67. The molecule has 1 N–H and O–H groups in total. The van der Waals surface area contributed by atoms with Crippen molar-refractivity contribution in [1.82, 2.24) is 5.32 Å². The lowest BCUT2D eigenvalue weighted by Crippen LogP contribution is -2.08. The van der Waals surface area contributed by atoms with E-state index in [0.717, 1.165) is 29.6 Å². The summed E-state index contributed by atoms with van der Waals surface area (Å²) in [6, 6.07) is 6.29. The van der Waals surface area contributed by atoms with Crippen LogP contribution >= 0.6 is 0 Å². The van der Waals surface area contributed by atoms with E-state index in [2.05, 4.69) is 11.4 Å². The van der Waals surface area contributed by atoms with Crippen molar-refractivity contribution >= 4 is 21.9 Å². The normalized spacial score (nSPS) is 20.6. The number of nitrogens with one attached hydrogen (secondary N) is 1. The fourth-order valence-corrected chi connectivity index (χ4v) is 2.83. The second kappa shape index (κ2) is 3.37. The van der Waals surface area contributed by atoms with Crippen molar-refractivity contribution in [2.75, 3.05) is 13.1 Å². The largest absolute Gasteiger partial charge is 0.460 e. The van der Waals surface area contributed by atoms with Gasteiger partial charge in [-0.25, -0.2) is 0 Å². The molecule has 4 rings (SSSR count). The van der Waals surface area contributed by atoms with Gasteiger partial charge in [0.25, 0.3) is 0 Å². The number of hydrogen-bond acceptors (Lipinski definition) is 3. The van der Waals surface area contributed by atoms with E-state index in [4.69, 9.17) is 8.83 Å². The van der Waals surface area contributed by atoms with E-state index in [-0.39, 0.29) is 0 Å². The first-order chi connectivity index (χ1) is 8.43. The van der Waals surface area contributed by atoms with Gasteiger partial charge in [-0.05, 0) is 42.6 Å². The van der Waals surface area contributed by atoms with Crippen LogP contribution in [0.15, 0.2) is 39.6 Å². The molecule has 1 aliphatic rings. The first kappa shape index (κ1) is 9.31. The van der Waals surface area contributed by atoms with Crippen LogP contribution in [-0.4, -0.2) is 13.1 Å². The molecule has 2 aromatic heterocycles. The first-order valence-corrected chi connectivity index (χ1v) is 6.01. The van der Waals surface area contributed by atoms with Crippen LogP contribution in [0.25, 0.3) is 21.9 Å². The molecule has 3 aromatic rings. The van der Waals surface area contributed by atoms with Crippen LogP contribution in [0.3, 0.4) is 0 Å². The second-order valence-corrected chi connectivity index (χ2v) is 4.66. The second-order valence-electron chi connectivity index (χ2n) is 4.66. The maximum Gasteiger partial charge on any atom is 0.177 e. The fraction of sp³-hybridized carbons (Fsp3) is 0.286. The topological polar surface area (TPSA) is 38.3 Å². The summed E-state index contributed by atoms with van der Waals surface area (Å²) in [5, 5.41) is 5.74. The van der Waals surface area contributed by atoms with E-state index in [1.54, 1.807) is 12.5 Å². The molecule has 1 fully saturated rings. The number of hydrogen-bond donors (Lipinski definition) is 1. The lowest BCUT2D eigenvalue weighted by Gasteiger charge is -2.10. The number of rotatable bonds is 1. The van der Waals surface area contributed by atoms with E-state index in [1.807, 2.05) is 12.1 Å². The van der Waals surface area contributed by atoms with Gasteiger partial charge in [-0.3, -0.25) is 0 Å². The molecule has 0 aliphatic carbocycles.